The standard InChI is InChI=1S/C18H16ClN3O4S/c1-10(14-3-2-7-21-22-14)27-15-11-6-8-20-9-18(12(11)4-5-13(15)19)25-16(23)17(24)26-18/h2-5,7,10,20H,6,8-9H2,1H3. The number of benzene rings is 1. The number of fused-ring (bicyclic) bond motifs is 2. The Morgan fingerprint density at radius 3 is 2.74 bits per heavy atom. The average molecular weight is 406 g/mol. The molecule has 1 spiro atoms. The molecule has 27 heavy (non-hydrogen) atoms. The van der Waals surface area contributed by atoms with E-state index in [1.54, 1.807) is 30.1 Å². The highest BCUT2D eigenvalue weighted by atomic mass is 35.5. The normalized spacial score (nSPS) is 19.2. The van der Waals surface area contributed by atoms with Crippen LogP contribution in [0.1, 0.15) is 29.0 Å². The quantitative estimate of drug-likeness (QED) is 0.473. The van der Waals surface area contributed by atoms with Crippen LogP contribution in [0.2, 0.25) is 5.02 Å². The van der Waals surface area contributed by atoms with E-state index in [-0.39, 0.29) is 11.8 Å². The number of aromatic nitrogens is 2. The van der Waals surface area contributed by atoms with Gasteiger partial charge in [0.15, 0.2) is 0 Å². The number of nitrogens with one attached hydrogen (secondary N) is 1. The van der Waals surface area contributed by atoms with Crippen LogP contribution in [0.5, 0.6) is 0 Å². The molecule has 2 aliphatic rings. The van der Waals surface area contributed by atoms with Gasteiger partial charge in [-0.05, 0) is 49.7 Å². The summed E-state index contributed by atoms with van der Waals surface area (Å²) in [5.41, 5.74) is 2.37. The van der Waals surface area contributed by atoms with Gasteiger partial charge in [-0.3, -0.25) is 0 Å². The van der Waals surface area contributed by atoms with Crippen molar-refractivity contribution in [2.45, 2.75) is 29.3 Å². The molecule has 1 saturated heterocycles. The zero-order chi connectivity index (χ0) is 19.0. The fraction of sp³-hybridized carbons (Fsp3) is 0.333. The summed E-state index contributed by atoms with van der Waals surface area (Å²) in [6.45, 7) is 2.85. The number of hydrogen-bond acceptors (Lipinski definition) is 8. The van der Waals surface area contributed by atoms with Crippen molar-refractivity contribution in [2.24, 2.45) is 0 Å². The van der Waals surface area contributed by atoms with E-state index in [2.05, 4.69) is 15.5 Å². The molecule has 3 heterocycles. The largest absolute Gasteiger partial charge is 0.421 e. The number of halogens is 1. The summed E-state index contributed by atoms with van der Waals surface area (Å²) >= 11 is 8.05. The second-order valence-corrected chi connectivity index (χ2v) is 8.03. The molecule has 4 rings (SSSR count). The Hall–Kier alpha value is -2.16. The van der Waals surface area contributed by atoms with Gasteiger partial charge in [0.05, 0.1) is 22.5 Å². The molecule has 0 amide bonds. The van der Waals surface area contributed by atoms with E-state index in [1.807, 2.05) is 19.1 Å². The van der Waals surface area contributed by atoms with E-state index in [4.69, 9.17) is 21.1 Å². The summed E-state index contributed by atoms with van der Waals surface area (Å²) < 4.78 is 10.7. The van der Waals surface area contributed by atoms with Gasteiger partial charge in [-0.1, -0.05) is 11.6 Å². The van der Waals surface area contributed by atoms with Gasteiger partial charge < -0.3 is 14.8 Å². The van der Waals surface area contributed by atoms with Gasteiger partial charge >= 0.3 is 11.9 Å². The third kappa shape index (κ3) is 3.28. The number of thioether (sulfide) groups is 1. The van der Waals surface area contributed by atoms with Gasteiger partial charge in [-0.25, -0.2) is 9.59 Å². The molecule has 140 valence electrons. The molecule has 9 heteroatoms. The SMILES string of the molecule is CC(Sc1c(Cl)ccc2c1CCNCC21OC(=O)C(=O)O1)c1cccnn1. The zero-order valence-electron chi connectivity index (χ0n) is 14.4. The minimum absolute atomic E-state index is 0.00328. The molecule has 0 saturated carbocycles. The van der Waals surface area contributed by atoms with Gasteiger partial charge in [-0.15, -0.1) is 11.8 Å². The molecule has 1 fully saturated rings. The number of ether oxygens (including phenoxy) is 2. The summed E-state index contributed by atoms with van der Waals surface area (Å²) in [5.74, 6) is -3.42. The number of rotatable bonds is 3. The Labute approximate surface area is 164 Å². The Balaban J connectivity index is 1.76. The first kappa shape index (κ1) is 18.2. The Bertz CT molecular complexity index is 893. The second kappa shape index (κ2) is 7.10. The average Bonchev–Trinajstić information content (AvgIpc) is 2.84. The molecule has 0 bridgehead atoms. The molecule has 2 aliphatic heterocycles. The highest BCUT2D eigenvalue weighted by molar-refractivity contribution is 7.99. The monoisotopic (exact) mass is 405 g/mol. The number of nitrogens with zero attached hydrogens (tertiary/aromatic N) is 2. The maximum Gasteiger partial charge on any atom is 0.421 e. The molecule has 1 N–H and O–H groups in total. The van der Waals surface area contributed by atoms with Crippen LogP contribution in [0, 0.1) is 0 Å². The van der Waals surface area contributed by atoms with Crippen molar-refractivity contribution in [3.05, 3.63) is 52.3 Å². The predicted molar refractivity (Wildman–Crippen MR) is 98.2 cm³/mol. The van der Waals surface area contributed by atoms with Crippen LogP contribution in [0.15, 0.2) is 35.4 Å². The smallest absolute Gasteiger partial charge is 0.408 e. The van der Waals surface area contributed by atoms with E-state index < -0.39 is 17.7 Å². The second-order valence-electron chi connectivity index (χ2n) is 6.27. The highest BCUT2D eigenvalue weighted by Gasteiger charge is 2.52. The lowest BCUT2D eigenvalue weighted by Crippen LogP contribution is -2.38. The first-order valence-corrected chi connectivity index (χ1v) is 9.69. The summed E-state index contributed by atoms with van der Waals surface area (Å²) in [6, 6.07) is 7.24. The summed E-state index contributed by atoms with van der Waals surface area (Å²) in [4.78, 5) is 24.3. The minimum atomic E-state index is -1.45. The molecule has 1 aromatic heterocycles. The van der Waals surface area contributed by atoms with Crippen LogP contribution in [0.3, 0.4) is 0 Å². The Kier molecular flexibility index (Phi) is 4.79. The van der Waals surface area contributed by atoms with Crippen LogP contribution in [0.4, 0.5) is 0 Å². The van der Waals surface area contributed by atoms with Gasteiger partial charge in [-0.2, -0.15) is 10.2 Å². The Morgan fingerprint density at radius 1 is 1.26 bits per heavy atom. The number of carbonyl (C=O) groups is 2. The van der Waals surface area contributed by atoms with Crippen molar-refractivity contribution < 1.29 is 19.1 Å². The van der Waals surface area contributed by atoms with E-state index >= 15 is 0 Å². The molecular weight excluding hydrogens is 390 g/mol. The Morgan fingerprint density at radius 2 is 2.04 bits per heavy atom. The minimum Gasteiger partial charge on any atom is -0.408 e. The van der Waals surface area contributed by atoms with Crippen molar-refractivity contribution in [3.63, 3.8) is 0 Å². The third-order valence-corrected chi connectivity index (χ3v) is 6.24. The lowest BCUT2D eigenvalue weighted by Gasteiger charge is -2.27. The van der Waals surface area contributed by atoms with Crippen molar-refractivity contribution >= 4 is 35.3 Å². The van der Waals surface area contributed by atoms with Gasteiger partial charge in [0, 0.05) is 16.7 Å². The van der Waals surface area contributed by atoms with Crippen molar-refractivity contribution in [3.8, 4) is 0 Å². The van der Waals surface area contributed by atoms with Gasteiger partial charge in [0.1, 0.15) is 0 Å². The third-order valence-electron chi connectivity index (χ3n) is 4.52. The first-order valence-electron chi connectivity index (χ1n) is 8.43. The predicted octanol–water partition coefficient (Wildman–Crippen LogP) is 2.38. The topological polar surface area (TPSA) is 90.4 Å². The van der Waals surface area contributed by atoms with Crippen molar-refractivity contribution in [1.29, 1.82) is 0 Å². The maximum absolute atomic E-state index is 11.7. The number of hydrogen-bond donors (Lipinski definition) is 1. The molecule has 0 radical (unpaired) electrons. The fourth-order valence-electron chi connectivity index (χ4n) is 3.25. The summed E-state index contributed by atoms with van der Waals surface area (Å²) in [6.07, 6.45) is 2.28. The summed E-state index contributed by atoms with van der Waals surface area (Å²) in [5, 5.41) is 11.8. The van der Waals surface area contributed by atoms with Gasteiger partial charge in [0.25, 0.3) is 5.79 Å². The zero-order valence-corrected chi connectivity index (χ0v) is 16.0. The van der Waals surface area contributed by atoms with E-state index in [9.17, 15) is 9.59 Å². The van der Waals surface area contributed by atoms with E-state index in [0.717, 1.165) is 16.2 Å². The molecule has 1 atom stereocenters. The maximum atomic E-state index is 11.7. The molecule has 1 unspecified atom stereocenters. The fourth-order valence-corrected chi connectivity index (χ4v) is 4.69. The lowest BCUT2D eigenvalue weighted by atomic mass is 9.98. The molecule has 7 nitrogen and oxygen atoms in total. The van der Waals surface area contributed by atoms with Gasteiger partial charge in [0.2, 0.25) is 0 Å². The van der Waals surface area contributed by atoms with Crippen molar-refractivity contribution in [2.75, 3.05) is 13.1 Å². The van der Waals surface area contributed by atoms with Crippen LogP contribution in [0.25, 0.3) is 0 Å². The molecule has 1 aromatic carbocycles. The molecular formula is C18H16ClN3O4S. The number of esters is 2. The van der Waals surface area contributed by atoms with E-state index in [0.29, 0.717) is 23.6 Å². The number of carbonyl (C=O) groups excluding carboxylic acids is 2. The summed E-state index contributed by atoms with van der Waals surface area (Å²) in [7, 11) is 0. The van der Waals surface area contributed by atoms with E-state index in [1.165, 1.54) is 0 Å². The lowest BCUT2D eigenvalue weighted by molar-refractivity contribution is -0.181. The van der Waals surface area contributed by atoms with Crippen LogP contribution < -0.4 is 5.32 Å². The van der Waals surface area contributed by atoms with Crippen LogP contribution >= 0.6 is 23.4 Å². The van der Waals surface area contributed by atoms with Crippen LogP contribution in [-0.2, 0) is 31.3 Å². The van der Waals surface area contributed by atoms with Crippen molar-refractivity contribution in [1.82, 2.24) is 15.5 Å². The van der Waals surface area contributed by atoms with Crippen LogP contribution in [-0.4, -0.2) is 35.2 Å². The molecule has 2 aromatic rings. The highest BCUT2D eigenvalue weighted by Crippen LogP contribution is 2.45. The molecule has 0 aliphatic carbocycles. The first-order chi connectivity index (χ1) is 13.0.